The number of methoxy groups -OCH3 is 1. The second-order valence-electron chi connectivity index (χ2n) is 9.24. The number of amides is 2. The maximum absolute atomic E-state index is 13.6. The van der Waals surface area contributed by atoms with E-state index in [-0.39, 0.29) is 24.2 Å². The lowest BCUT2D eigenvalue weighted by Gasteiger charge is -2.32. The minimum atomic E-state index is -3.81. The molecule has 1 fully saturated rings. The summed E-state index contributed by atoms with van der Waals surface area (Å²) in [5.74, 6) is -0.0850. The van der Waals surface area contributed by atoms with Gasteiger partial charge in [0.2, 0.25) is 21.8 Å². The third-order valence-electron chi connectivity index (χ3n) is 6.50. The van der Waals surface area contributed by atoms with Gasteiger partial charge in [0, 0.05) is 17.6 Å². The standard InChI is InChI=1S/C26H34ClN3O5S/c1-18-9-12-22(15-24(18)27)30(36(4,33)34)17-25(31)29(16-20-10-13-23(35-3)14-11-20)19(2)26(32)28-21-7-5-6-8-21/h9-15,19,21H,5-8,16-17H2,1-4H3,(H,28,32). The van der Waals surface area contributed by atoms with Crippen molar-refractivity contribution in [3.8, 4) is 5.75 Å². The summed E-state index contributed by atoms with van der Waals surface area (Å²) in [6.45, 7) is 3.15. The van der Waals surface area contributed by atoms with E-state index in [0.717, 1.165) is 47.4 Å². The SMILES string of the molecule is COc1ccc(CN(C(=O)CN(c2ccc(C)c(Cl)c2)S(C)(=O)=O)C(C)C(=O)NC2CCCC2)cc1. The van der Waals surface area contributed by atoms with Gasteiger partial charge in [0.15, 0.2) is 0 Å². The zero-order chi connectivity index (χ0) is 26.5. The number of rotatable bonds is 10. The molecular weight excluding hydrogens is 502 g/mol. The molecule has 2 amide bonds. The van der Waals surface area contributed by atoms with E-state index in [9.17, 15) is 18.0 Å². The van der Waals surface area contributed by atoms with Gasteiger partial charge < -0.3 is 15.0 Å². The number of benzene rings is 2. The van der Waals surface area contributed by atoms with Crippen molar-refractivity contribution in [3.63, 3.8) is 0 Å². The summed E-state index contributed by atoms with van der Waals surface area (Å²) in [4.78, 5) is 28.1. The molecule has 1 aliphatic carbocycles. The van der Waals surface area contributed by atoms with Crippen LogP contribution in [0.3, 0.4) is 0 Å². The van der Waals surface area contributed by atoms with Crippen LogP contribution in [0.1, 0.15) is 43.7 Å². The van der Waals surface area contributed by atoms with E-state index in [0.29, 0.717) is 10.8 Å². The number of halogens is 1. The maximum atomic E-state index is 13.6. The van der Waals surface area contributed by atoms with Gasteiger partial charge in [-0.1, -0.05) is 42.6 Å². The summed E-state index contributed by atoms with van der Waals surface area (Å²) in [5, 5.41) is 3.44. The predicted molar refractivity (Wildman–Crippen MR) is 142 cm³/mol. The van der Waals surface area contributed by atoms with Gasteiger partial charge in [-0.2, -0.15) is 0 Å². The Bertz CT molecular complexity index is 1180. The van der Waals surface area contributed by atoms with Gasteiger partial charge in [-0.15, -0.1) is 0 Å². The summed E-state index contributed by atoms with van der Waals surface area (Å²) in [6.07, 6.45) is 5.01. The van der Waals surface area contributed by atoms with Crippen LogP contribution in [0.15, 0.2) is 42.5 Å². The minimum Gasteiger partial charge on any atom is -0.497 e. The fourth-order valence-corrected chi connectivity index (χ4v) is 5.27. The Balaban J connectivity index is 1.88. The monoisotopic (exact) mass is 535 g/mol. The maximum Gasteiger partial charge on any atom is 0.244 e. The van der Waals surface area contributed by atoms with Crippen molar-refractivity contribution in [1.29, 1.82) is 0 Å². The number of hydrogen-bond acceptors (Lipinski definition) is 5. The number of aryl methyl sites for hydroxylation is 1. The van der Waals surface area contributed by atoms with Gasteiger partial charge in [0.25, 0.3) is 0 Å². The van der Waals surface area contributed by atoms with Crippen molar-refractivity contribution in [2.24, 2.45) is 0 Å². The normalized spacial score (nSPS) is 14.8. The average molecular weight is 536 g/mol. The molecule has 3 rings (SSSR count). The Morgan fingerprint density at radius 3 is 2.33 bits per heavy atom. The largest absolute Gasteiger partial charge is 0.497 e. The van der Waals surface area contributed by atoms with Crippen LogP contribution in [0.2, 0.25) is 5.02 Å². The van der Waals surface area contributed by atoms with Crippen molar-refractivity contribution in [2.75, 3.05) is 24.2 Å². The number of carbonyl (C=O) groups excluding carboxylic acids is 2. The molecule has 1 N–H and O–H groups in total. The molecule has 0 aliphatic heterocycles. The van der Waals surface area contributed by atoms with Crippen LogP contribution in [-0.4, -0.2) is 57.1 Å². The van der Waals surface area contributed by atoms with Crippen LogP contribution in [0.25, 0.3) is 0 Å². The van der Waals surface area contributed by atoms with Crippen LogP contribution < -0.4 is 14.4 Å². The molecule has 1 aliphatic rings. The molecule has 0 spiro atoms. The molecule has 2 aromatic rings. The summed E-state index contributed by atoms with van der Waals surface area (Å²) < 4.78 is 31.6. The zero-order valence-electron chi connectivity index (χ0n) is 21.2. The van der Waals surface area contributed by atoms with E-state index in [1.54, 1.807) is 38.3 Å². The van der Waals surface area contributed by atoms with Gasteiger partial charge in [-0.3, -0.25) is 13.9 Å². The van der Waals surface area contributed by atoms with E-state index in [2.05, 4.69) is 5.32 Å². The van der Waals surface area contributed by atoms with Crippen molar-refractivity contribution in [3.05, 3.63) is 58.6 Å². The molecule has 10 heteroatoms. The molecule has 0 heterocycles. The summed E-state index contributed by atoms with van der Waals surface area (Å²) in [6, 6.07) is 11.3. The van der Waals surface area contributed by atoms with Gasteiger partial charge >= 0.3 is 0 Å². The van der Waals surface area contributed by atoms with Crippen LogP contribution in [0.5, 0.6) is 5.75 Å². The molecule has 196 valence electrons. The number of nitrogens with zero attached hydrogens (tertiary/aromatic N) is 2. The molecule has 0 radical (unpaired) electrons. The molecule has 36 heavy (non-hydrogen) atoms. The number of anilines is 1. The first kappa shape index (κ1) is 27.8. The van der Waals surface area contributed by atoms with E-state index in [1.807, 2.05) is 19.1 Å². The molecular formula is C26H34ClN3O5S. The Morgan fingerprint density at radius 1 is 1.14 bits per heavy atom. The van der Waals surface area contributed by atoms with Gasteiger partial charge in [-0.05, 0) is 62.1 Å². The average Bonchev–Trinajstić information content (AvgIpc) is 3.35. The fourth-order valence-electron chi connectivity index (χ4n) is 4.25. The number of hydrogen-bond donors (Lipinski definition) is 1. The number of ether oxygens (including phenoxy) is 1. The molecule has 0 saturated heterocycles. The van der Waals surface area contributed by atoms with E-state index < -0.39 is 28.5 Å². The highest BCUT2D eigenvalue weighted by atomic mass is 35.5. The molecule has 0 bridgehead atoms. The van der Waals surface area contributed by atoms with Crippen LogP contribution >= 0.6 is 11.6 Å². The smallest absolute Gasteiger partial charge is 0.244 e. The van der Waals surface area contributed by atoms with Crippen LogP contribution in [-0.2, 0) is 26.2 Å². The van der Waals surface area contributed by atoms with Crippen molar-refractivity contribution < 1.29 is 22.7 Å². The fraction of sp³-hybridized carbons (Fsp3) is 0.462. The Hall–Kier alpha value is -2.78. The van der Waals surface area contributed by atoms with Crippen LogP contribution in [0.4, 0.5) is 5.69 Å². The lowest BCUT2D eigenvalue weighted by molar-refractivity contribution is -0.139. The molecule has 1 unspecified atom stereocenters. The highest BCUT2D eigenvalue weighted by Crippen LogP contribution is 2.26. The number of sulfonamides is 1. The second-order valence-corrected chi connectivity index (χ2v) is 11.6. The van der Waals surface area contributed by atoms with Gasteiger partial charge in [-0.25, -0.2) is 8.42 Å². The molecule has 1 atom stereocenters. The highest BCUT2D eigenvalue weighted by molar-refractivity contribution is 7.92. The van der Waals surface area contributed by atoms with E-state index in [1.165, 1.54) is 11.0 Å². The Labute approximate surface area is 218 Å². The third-order valence-corrected chi connectivity index (χ3v) is 8.05. The first-order chi connectivity index (χ1) is 17.0. The topological polar surface area (TPSA) is 96.0 Å². The van der Waals surface area contributed by atoms with Crippen molar-refractivity contribution in [2.45, 2.75) is 58.2 Å². The summed E-state index contributed by atoms with van der Waals surface area (Å²) in [7, 11) is -2.25. The molecule has 1 saturated carbocycles. The lowest BCUT2D eigenvalue weighted by Crippen LogP contribution is -2.52. The quantitative estimate of drug-likeness (QED) is 0.498. The summed E-state index contributed by atoms with van der Waals surface area (Å²) in [5.41, 5.74) is 1.86. The first-order valence-corrected chi connectivity index (χ1v) is 14.2. The van der Waals surface area contributed by atoms with Crippen molar-refractivity contribution in [1.82, 2.24) is 10.2 Å². The third kappa shape index (κ3) is 7.13. The molecule has 8 nitrogen and oxygen atoms in total. The van der Waals surface area contributed by atoms with Gasteiger partial charge in [0.1, 0.15) is 18.3 Å². The van der Waals surface area contributed by atoms with Crippen LogP contribution in [0, 0.1) is 6.92 Å². The lowest BCUT2D eigenvalue weighted by atomic mass is 10.1. The van der Waals surface area contributed by atoms with Gasteiger partial charge in [0.05, 0.1) is 19.1 Å². The molecule has 2 aromatic carbocycles. The number of nitrogens with one attached hydrogen (secondary N) is 1. The van der Waals surface area contributed by atoms with Crippen molar-refractivity contribution >= 4 is 39.1 Å². The predicted octanol–water partition coefficient (Wildman–Crippen LogP) is 3.90. The number of carbonyl (C=O) groups is 2. The Morgan fingerprint density at radius 2 is 1.78 bits per heavy atom. The minimum absolute atomic E-state index is 0.0973. The second kappa shape index (κ2) is 12.0. The Kier molecular flexibility index (Phi) is 9.24. The highest BCUT2D eigenvalue weighted by Gasteiger charge is 2.31. The summed E-state index contributed by atoms with van der Waals surface area (Å²) >= 11 is 6.23. The van der Waals surface area contributed by atoms with E-state index >= 15 is 0 Å². The zero-order valence-corrected chi connectivity index (χ0v) is 22.7. The van der Waals surface area contributed by atoms with E-state index in [4.69, 9.17) is 16.3 Å². The molecule has 0 aromatic heterocycles. The first-order valence-electron chi connectivity index (χ1n) is 12.0.